The standard InChI is InChI=1S/C21H21F2N3OS/c1-25(2)11-6-12-26(19(27)10-9-15-7-4-3-5-8-15)21-24-20-17(23)13-16(22)14-18(20)28-21/h3-5,7-10,13-14H,6,11-12H2,1-2H3/b10-9+. The molecule has 1 amide bonds. The number of amides is 1. The van der Waals surface area contributed by atoms with Crippen LogP contribution < -0.4 is 4.90 Å². The number of halogens is 2. The predicted octanol–water partition coefficient (Wildman–Crippen LogP) is 4.57. The Kier molecular flexibility index (Phi) is 6.49. The fourth-order valence-corrected chi connectivity index (χ4v) is 3.76. The number of thiazole rings is 1. The summed E-state index contributed by atoms with van der Waals surface area (Å²) >= 11 is 1.11. The number of anilines is 1. The number of carbonyl (C=O) groups excluding carboxylic acids is 1. The van der Waals surface area contributed by atoms with Crippen LogP contribution in [-0.4, -0.2) is 43.0 Å². The molecule has 0 spiro atoms. The summed E-state index contributed by atoms with van der Waals surface area (Å²) in [6, 6.07) is 11.5. The molecule has 0 unspecified atom stereocenters. The van der Waals surface area contributed by atoms with Crippen molar-refractivity contribution in [2.75, 3.05) is 32.1 Å². The lowest BCUT2D eigenvalue weighted by Gasteiger charge is -2.19. The molecule has 0 aliphatic carbocycles. The van der Waals surface area contributed by atoms with Crippen molar-refractivity contribution in [3.63, 3.8) is 0 Å². The molecule has 3 aromatic rings. The van der Waals surface area contributed by atoms with Crippen LogP contribution in [0.15, 0.2) is 48.5 Å². The molecule has 0 fully saturated rings. The van der Waals surface area contributed by atoms with Crippen LogP contribution in [0.2, 0.25) is 0 Å². The van der Waals surface area contributed by atoms with E-state index in [1.165, 1.54) is 17.0 Å². The van der Waals surface area contributed by atoms with Gasteiger partial charge in [-0.3, -0.25) is 9.69 Å². The highest BCUT2D eigenvalue weighted by molar-refractivity contribution is 7.22. The van der Waals surface area contributed by atoms with Gasteiger partial charge in [-0.1, -0.05) is 41.7 Å². The van der Waals surface area contributed by atoms with E-state index in [1.54, 1.807) is 6.08 Å². The van der Waals surface area contributed by atoms with Gasteiger partial charge in [-0.2, -0.15) is 0 Å². The Labute approximate surface area is 166 Å². The smallest absolute Gasteiger partial charge is 0.252 e. The zero-order valence-electron chi connectivity index (χ0n) is 15.7. The Balaban J connectivity index is 1.89. The largest absolute Gasteiger partial charge is 0.309 e. The van der Waals surface area contributed by atoms with Crippen molar-refractivity contribution in [2.24, 2.45) is 0 Å². The maximum absolute atomic E-state index is 14.0. The first-order chi connectivity index (χ1) is 13.4. The molecule has 0 atom stereocenters. The summed E-state index contributed by atoms with van der Waals surface area (Å²) in [7, 11) is 3.91. The Bertz CT molecular complexity index is 986. The Hall–Kier alpha value is -2.64. The number of hydrogen-bond donors (Lipinski definition) is 0. The van der Waals surface area contributed by atoms with Gasteiger partial charge in [-0.25, -0.2) is 13.8 Å². The maximum Gasteiger partial charge on any atom is 0.252 e. The quantitative estimate of drug-likeness (QED) is 0.544. The second-order valence-electron chi connectivity index (χ2n) is 6.62. The van der Waals surface area contributed by atoms with Gasteiger partial charge in [0, 0.05) is 18.7 Å². The van der Waals surface area contributed by atoms with E-state index in [9.17, 15) is 13.6 Å². The normalized spacial score (nSPS) is 11.6. The zero-order valence-corrected chi connectivity index (χ0v) is 16.5. The van der Waals surface area contributed by atoms with Crippen molar-refractivity contribution in [2.45, 2.75) is 6.42 Å². The molecule has 28 heavy (non-hydrogen) atoms. The third kappa shape index (κ3) is 4.99. The number of rotatable bonds is 7. The minimum Gasteiger partial charge on any atom is -0.309 e. The van der Waals surface area contributed by atoms with Crippen molar-refractivity contribution in [1.29, 1.82) is 0 Å². The van der Waals surface area contributed by atoms with Crippen LogP contribution in [0.5, 0.6) is 0 Å². The molecule has 0 aliphatic heterocycles. The third-order valence-electron chi connectivity index (χ3n) is 4.10. The van der Waals surface area contributed by atoms with Gasteiger partial charge in [0.25, 0.3) is 5.91 Å². The molecule has 4 nitrogen and oxygen atoms in total. The highest BCUT2D eigenvalue weighted by Crippen LogP contribution is 2.31. The van der Waals surface area contributed by atoms with Crippen LogP contribution >= 0.6 is 11.3 Å². The van der Waals surface area contributed by atoms with Crippen LogP contribution in [0.25, 0.3) is 16.3 Å². The first-order valence-corrected chi connectivity index (χ1v) is 9.70. The van der Waals surface area contributed by atoms with Crippen LogP contribution in [0.3, 0.4) is 0 Å². The van der Waals surface area contributed by atoms with Crippen LogP contribution in [0.4, 0.5) is 13.9 Å². The first-order valence-electron chi connectivity index (χ1n) is 8.89. The molecule has 3 rings (SSSR count). The molecule has 0 saturated carbocycles. The summed E-state index contributed by atoms with van der Waals surface area (Å²) in [4.78, 5) is 20.7. The topological polar surface area (TPSA) is 36.4 Å². The average Bonchev–Trinajstić information content (AvgIpc) is 3.08. The van der Waals surface area contributed by atoms with Gasteiger partial charge >= 0.3 is 0 Å². The minimum absolute atomic E-state index is 0.0823. The van der Waals surface area contributed by atoms with E-state index in [1.807, 2.05) is 49.3 Å². The molecule has 0 saturated heterocycles. The van der Waals surface area contributed by atoms with Crippen molar-refractivity contribution < 1.29 is 13.6 Å². The molecule has 146 valence electrons. The van der Waals surface area contributed by atoms with Crippen molar-refractivity contribution in [3.8, 4) is 0 Å². The Morgan fingerprint density at radius 2 is 1.89 bits per heavy atom. The number of carbonyl (C=O) groups is 1. The van der Waals surface area contributed by atoms with E-state index in [-0.39, 0.29) is 11.4 Å². The van der Waals surface area contributed by atoms with Gasteiger partial charge in [0.05, 0.1) is 4.70 Å². The lowest BCUT2D eigenvalue weighted by atomic mass is 10.2. The zero-order chi connectivity index (χ0) is 20.1. The predicted molar refractivity (Wildman–Crippen MR) is 111 cm³/mol. The molecular formula is C21H21F2N3OS. The van der Waals surface area contributed by atoms with E-state index in [0.717, 1.165) is 35.9 Å². The van der Waals surface area contributed by atoms with Gasteiger partial charge in [-0.05, 0) is 44.8 Å². The third-order valence-corrected chi connectivity index (χ3v) is 5.13. The molecule has 7 heteroatoms. The fourth-order valence-electron chi connectivity index (χ4n) is 2.73. The van der Waals surface area contributed by atoms with E-state index in [0.29, 0.717) is 16.4 Å². The van der Waals surface area contributed by atoms with Gasteiger partial charge < -0.3 is 4.90 Å². The highest BCUT2D eigenvalue weighted by atomic mass is 32.1. The molecule has 2 aromatic carbocycles. The lowest BCUT2D eigenvalue weighted by molar-refractivity contribution is -0.114. The van der Waals surface area contributed by atoms with Gasteiger partial charge in [0.1, 0.15) is 11.3 Å². The summed E-state index contributed by atoms with van der Waals surface area (Å²) in [5, 5.41) is 0.362. The SMILES string of the molecule is CN(C)CCCN(C(=O)/C=C/c1ccccc1)c1nc2c(F)cc(F)cc2s1. The molecule has 0 N–H and O–H groups in total. The van der Waals surface area contributed by atoms with E-state index >= 15 is 0 Å². The number of hydrogen-bond acceptors (Lipinski definition) is 4. The van der Waals surface area contributed by atoms with Crippen LogP contribution in [-0.2, 0) is 4.79 Å². The maximum atomic E-state index is 14.0. The summed E-state index contributed by atoms with van der Waals surface area (Å²) in [6.45, 7) is 1.22. The number of fused-ring (bicyclic) bond motifs is 1. The molecular weight excluding hydrogens is 380 g/mol. The van der Waals surface area contributed by atoms with Gasteiger partial charge in [0.2, 0.25) is 0 Å². The Morgan fingerprint density at radius 3 is 2.61 bits per heavy atom. The van der Waals surface area contributed by atoms with Gasteiger partial charge in [-0.15, -0.1) is 0 Å². The van der Waals surface area contributed by atoms with Crippen LogP contribution in [0.1, 0.15) is 12.0 Å². The van der Waals surface area contributed by atoms with E-state index in [2.05, 4.69) is 4.98 Å². The van der Waals surface area contributed by atoms with Crippen LogP contribution in [0, 0.1) is 11.6 Å². The number of nitrogens with zero attached hydrogens (tertiary/aromatic N) is 3. The molecule has 0 radical (unpaired) electrons. The average molecular weight is 401 g/mol. The second-order valence-corrected chi connectivity index (χ2v) is 7.63. The fraction of sp³-hybridized carbons (Fsp3) is 0.238. The summed E-state index contributed by atoms with van der Waals surface area (Å²) in [6.07, 6.45) is 3.94. The summed E-state index contributed by atoms with van der Waals surface area (Å²) in [5.74, 6) is -1.63. The summed E-state index contributed by atoms with van der Waals surface area (Å²) in [5.41, 5.74) is 0.986. The van der Waals surface area contributed by atoms with E-state index in [4.69, 9.17) is 0 Å². The molecule has 0 bridgehead atoms. The molecule has 1 aromatic heterocycles. The van der Waals surface area contributed by atoms with Crippen molar-refractivity contribution in [1.82, 2.24) is 9.88 Å². The lowest BCUT2D eigenvalue weighted by Crippen LogP contribution is -2.32. The molecule has 0 aliphatic rings. The second kappa shape index (κ2) is 9.03. The Morgan fingerprint density at radius 1 is 1.14 bits per heavy atom. The monoisotopic (exact) mass is 401 g/mol. The molecule has 1 heterocycles. The van der Waals surface area contributed by atoms with Crippen molar-refractivity contribution >= 4 is 38.7 Å². The summed E-state index contributed by atoms with van der Waals surface area (Å²) < 4.78 is 27.9. The number of aromatic nitrogens is 1. The first kappa shape index (κ1) is 20.1. The number of benzene rings is 2. The minimum atomic E-state index is -0.724. The van der Waals surface area contributed by atoms with Gasteiger partial charge in [0.15, 0.2) is 10.9 Å². The van der Waals surface area contributed by atoms with E-state index < -0.39 is 11.6 Å². The van der Waals surface area contributed by atoms with Crippen molar-refractivity contribution in [3.05, 3.63) is 65.7 Å². The highest BCUT2D eigenvalue weighted by Gasteiger charge is 2.19.